The summed E-state index contributed by atoms with van der Waals surface area (Å²) in [5.41, 5.74) is 5.52. The molecule has 0 unspecified atom stereocenters. The van der Waals surface area contributed by atoms with Gasteiger partial charge in [0.1, 0.15) is 11.4 Å². The number of rotatable bonds is 3. The molecule has 3 aromatic rings. The van der Waals surface area contributed by atoms with Gasteiger partial charge in [0.2, 0.25) is 0 Å². The lowest BCUT2D eigenvalue weighted by molar-refractivity contribution is 0.471. The van der Waals surface area contributed by atoms with Crippen molar-refractivity contribution in [3.05, 3.63) is 79.1 Å². The fourth-order valence-electron chi connectivity index (χ4n) is 2.45. The van der Waals surface area contributed by atoms with Crippen molar-refractivity contribution in [1.29, 1.82) is 0 Å². The molecule has 2 heteroatoms. The van der Waals surface area contributed by atoms with Crippen LogP contribution in [0, 0.1) is 0 Å². The molecule has 2 nitrogen and oxygen atoms in total. The summed E-state index contributed by atoms with van der Waals surface area (Å²) in [6, 6.07) is 20.2. The van der Waals surface area contributed by atoms with Gasteiger partial charge in [-0.25, -0.2) is 0 Å². The molecule has 1 heterocycles. The van der Waals surface area contributed by atoms with Gasteiger partial charge in [0.15, 0.2) is 0 Å². The molecule has 0 saturated heterocycles. The van der Waals surface area contributed by atoms with Crippen molar-refractivity contribution in [1.82, 2.24) is 4.98 Å². The van der Waals surface area contributed by atoms with Gasteiger partial charge in [-0.1, -0.05) is 55.1 Å². The lowest BCUT2D eigenvalue weighted by Crippen LogP contribution is -1.88. The topological polar surface area (TPSA) is 33.1 Å². The molecule has 0 amide bonds. The summed E-state index contributed by atoms with van der Waals surface area (Å²) in [6.07, 6.45) is 1.77. The molecule has 1 aromatic heterocycles. The maximum Gasteiger partial charge on any atom is 0.142 e. The van der Waals surface area contributed by atoms with Crippen LogP contribution < -0.4 is 0 Å². The van der Waals surface area contributed by atoms with Crippen molar-refractivity contribution >= 4 is 5.57 Å². The lowest BCUT2D eigenvalue weighted by Gasteiger charge is -2.08. The molecule has 22 heavy (non-hydrogen) atoms. The number of aromatic hydroxyl groups is 1. The number of nitrogens with zero attached hydrogens (tertiary/aromatic N) is 1. The second kappa shape index (κ2) is 5.86. The highest BCUT2D eigenvalue weighted by Crippen LogP contribution is 2.30. The first-order chi connectivity index (χ1) is 10.6. The molecule has 0 aliphatic heterocycles. The minimum Gasteiger partial charge on any atom is -0.506 e. The SMILES string of the molecule is C=C(C)c1ncc(-c2cccc(-c3ccccc3)c2)cc1O. The Labute approximate surface area is 130 Å². The average Bonchev–Trinajstić information content (AvgIpc) is 2.55. The highest BCUT2D eigenvalue weighted by atomic mass is 16.3. The van der Waals surface area contributed by atoms with Crippen molar-refractivity contribution in [2.24, 2.45) is 0 Å². The second-order valence-corrected chi connectivity index (χ2v) is 5.32. The third kappa shape index (κ3) is 2.77. The van der Waals surface area contributed by atoms with Crippen LogP contribution >= 0.6 is 0 Å². The largest absolute Gasteiger partial charge is 0.506 e. The van der Waals surface area contributed by atoms with Crippen molar-refractivity contribution < 1.29 is 5.11 Å². The number of hydrogen-bond acceptors (Lipinski definition) is 2. The van der Waals surface area contributed by atoms with Crippen LogP contribution in [0.5, 0.6) is 5.75 Å². The molecular formula is C20H17NO. The normalized spacial score (nSPS) is 10.4. The van der Waals surface area contributed by atoms with E-state index >= 15 is 0 Å². The second-order valence-electron chi connectivity index (χ2n) is 5.32. The highest BCUT2D eigenvalue weighted by Gasteiger charge is 2.07. The van der Waals surface area contributed by atoms with Gasteiger partial charge in [-0.05, 0) is 41.3 Å². The fourth-order valence-corrected chi connectivity index (χ4v) is 2.45. The zero-order valence-electron chi connectivity index (χ0n) is 12.5. The fraction of sp³-hybridized carbons (Fsp3) is 0.0500. The predicted molar refractivity (Wildman–Crippen MR) is 91.5 cm³/mol. The molecule has 2 aromatic carbocycles. The van der Waals surface area contributed by atoms with Gasteiger partial charge in [-0.15, -0.1) is 0 Å². The van der Waals surface area contributed by atoms with E-state index in [4.69, 9.17) is 0 Å². The molecule has 0 bridgehead atoms. The Kier molecular flexibility index (Phi) is 3.75. The van der Waals surface area contributed by atoms with E-state index in [0.717, 1.165) is 22.3 Å². The van der Waals surface area contributed by atoms with E-state index < -0.39 is 0 Å². The van der Waals surface area contributed by atoms with Crippen molar-refractivity contribution in [3.8, 4) is 28.0 Å². The minimum absolute atomic E-state index is 0.162. The Bertz CT molecular complexity index is 822. The molecule has 0 spiro atoms. The summed E-state index contributed by atoms with van der Waals surface area (Å²) in [7, 11) is 0. The smallest absolute Gasteiger partial charge is 0.142 e. The molecule has 0 aliphatic rings. The van der Waals surface area contributed by atoms with Crippen LogP contribution in [-0.4, -0.2) is 10.1 Å². The summed E-state index contributed by atoms with van der Waals surface area (Å²) in [4.78, 5) is 4.31. The molecule has 3 rings (SSSR count). The monoisotopic (exact) mass is 287 g/mol. The first-order valence-electron chi connectivity index (χ1n) is 7.16. The Morgan fingerprint density at radius 3 is 2.14 bits per heavy atom. The molecular weight excluding hydrogens is 270 g/mol. The number of allylic oxidation sites excluding steroid dienone is 1. The molecule has 0 aliphatic carbocycles. The summed E-state index contributed by atoms with van der Waals surface area (Å²) in [6.45, 7) is 5.65. The highest BCUT2D eigenvalue weighted by molar-refractivity contribution is 5.75. The molecule has 1 N–H and O–H groups in total. The van der Waals surface area contributed by atoms with Crippen LogP contribution in [-0.2, 0) is 0 Å². The molecule has 0 radical (unpaired) electrons. The zero-order valence-corrected chi connectivity index (χ0v) is 12.5. The Morgan fingerprint density at radius 2 is 1.50 bits per heavy atom. The molecule has 0 atom stereocenters. The standard InChI is InChI=1S/C20H17NO/c1-14(2)20-19(22)12-18(13-21-20)17-10-6-9-16(11-17)15-7-4-3-5-8-15/h3-13,22H,1H2,2H3. The van der Waals surface area contributed by atoms with E-state index in [1.165, 1.54) is 5.56 Å². The predicted octanol–water partition coefficient (Wildman–Crippen LogP) is 5.15. The van der Waals surface area contributed by atoms with E-state index in [1.54, 1.807) is 12.3 Å². The molecule has 108 valence electrons. The van der Waals surface area contributed by atoms with Crippen molar-refractivity contribution in [3.63, 3.8) is 0 Å². The van der Waals surface area contributed by atoms with Gasteiger partial charge in [0.25, 0.3) is 0 Å². The number of hydrogen-bond donors (Lipinski definition) is 1. The molecule has 0 fully saturated rings. The van der Waals surface area contributed by atoms with E-state index in [-0.39, 0.29) is 5.75 Å². The lowest BCUT2D eigenvalue weighted by atomic mass is 9.99. The summed E-state index contributed by atoms with van der Waals surface area (Å²) >= 11 is 0. The Morgan fingerprint density at radius 1 is 0.864 bits per heavy atom. The van der Waals surface area contributed by atoms with Crippen LogP contribution in [0.25, 0.3) is 27.8 Å². The van der Waals surface area contributed by atoms with E-state index in [9.17, 15) is 5.11 Å². The first kappa shape index (κ1) is 14.1. The summed E-state index contributed by atoms with van der Waals surface area (Å²) < 4.78 is 0. The summed E-state index contributed by atoms with van der Waals surface area (Å²) in [5, 5.41) is 10.1. The van der Waals surface area contributed by atoms with Gasteiger partial charge in [0.05, 0.1) is 0 Å². The van der Waals surface area contributed by atoms with E-state index in [0.29, 0.717) is 5.69 Å². The molecule has 0 saturated carbocycles. The third-order valence-electron chi connectivity index (χ3n) is 3.57. The van der Waals surface area contributed by atoms with Crippen molar-refractivity contribution in [2.45, 2.75) is 6.92 Å². The van der Waals surface area contributed by atoms with Crippen LogP contribution in [0.4, 0.5) is 0 Å². The number of aromatic nitrogens is 1. The number of pyridine rings is 1. The number of benzene rings is 2. The van der Waals surface area contributed by atoms with Crippen LogP contribution in [0.3, 0.4) is 0 Å². The first-order valence-corrected chi connectivity index (χ1v) is 7.16. The quantitative estimate of drug-likeness (QED) is 0.722. The van der Waals surface area contributed by atoms with Gasteiger partial charge in [-0.2, -0.15) is 0 Å². The van der Waals surface area contributed by atoms with Crippen LogP contribution in [0.1, 0.15) is 12.6 Å². The van der Waals surface area contributed by atoms with Gasteiger partial charge < -0.3 is 5.11 Å². The zero-order chi connectivity index (χ0) is 15.5. The van der Waals surface area contributed by atoms with Crippen molar-refractivity contribution in [2.75, 3.05) is 0 Å². The summed E-state index contributed by atoms with van der Waals surface area (Å²) in [5.74, 6) is 0.162. The van der Waals surface area contributed by atoms with Gasteiger partial charge in [-0.3, -0.25) is 4.98 Å². The van der Waals surface area contributed by atoms with Crippen LogP contribution in [0.2, 0.25) is 0 Å². The van der Waals surface area contributed by atoms with Gasteiger partial charge in [0, 0.05) is 11.8 Å². The van der Waals surface area contributed by atoms with E-state index in [1.807, 2.05) is 37.3 Å². The Hall–Kier alpha value is -2.87. The average molecular weight is 287 g/mol. The van der Waals surface area contributed by atoms with Gasteiger partial charge >= 0.3 is 0 Å². The minimum atomic E-state index is 0.162. The maximum atomic E-state index is 10.1. The maximum absolute atomic E-state index is 10.1. The van der Waals surface area contributed by atoms with Crippen LogP contribution in [0.15, 0.2) is 73.4 Å². The third-order valence-corrected chi connectivity index (χ3v) is 3.57. The Balaban J connectivity index is 2.03. The van der Waals surface area contributed by atoms with E-state index in [2.05, 4.69) is 35.8 Å².